The van der Waals surface area contributed by atoms with E-state index >= 15 is 0 Å². The molecule has 4 heteroatoms. The highest BCUT2D eigenvalue weighted by Crippen LogP contribution is 2.33. The molecule has 96 valence electrons. The van der Waals surface area contributed by atoms with Gasteiger partial charge in [-0.25, -0.2) is 0 Å². The fourth-order valence-electron chi connectivity index (χ4n) is 2.43. The summed E-state index contributed by atoms with van der Waals surface area (Å²) in [6, 6.07) is 0. The van der Waals surface area contributed by atoms with Gasteiger partial charge in [-0.1, -0.05) is 0 Å². The highest BCUT2D eigenvalue weighted by atomic mass is 16.5. The van der Waals surface area contributed by atoms with Crippen LogP contribution in [0.1, 0.15) is 46.4 Å². The molecule has 1 aliphatic rings. The first-order valence-corrected chi connectivity index (χ1v) is 6.51. The van der Waals surface area contributed by atoms with Crippen molar-refractivity contribution in [2.24, 2.45) is 5.92 Å². The van der Waals surface area contributed by atoms with Crippen molar-refractivity contribution >= 4 is 0 Å². The van der Waals surface area contributed by atoms with Crippen LogP contribution in [0.2, 0.25) is 0 Å². The molecule has 1 aromatic rings. The molecule has 0 amide bonds. The minimum Gasteiger partial charge on any atom is -0.378 e. The smallest absolute Gasteiger partial charge is 0.133 e. The first-order chi connectivity index (χ1) is 8.00. The van der Waals surface area contributed by atoms with E-state index in [0.29, 0.717) is 6.10 Å². The molecule has 4 nitrogen and oxygen atoms in total. The summed E-state index contributed by atoms with van der Waals surface area (Å²) in [7, 11) is 0. The van der Waals surface area contributed by atoms with Crippen LogP contribution in [0.15, 0.2) is 6.33 Å². The van der Waals surface area contributed by atoms with Crippen molar-refractivity contribution in [3.05, 3.63) is 12.2 Å². The number of hydrogen-bond acceptors (Lipinski definition) is 3. The SMILES string of the molecule is CCOC1CC(Cc2nncn2C(C)(C)C)C1. The lowest BCUT2D eigenvalue weighted by Gasteiger charge is -2.35. The third kappa shape index (κ3) is 2.86. The van der Waals surface area contributed by atoms with Crippen LogP contribution in [0.5, 0.6) is 0 Å². The Kier molecular flexibility index (Phi) is 3.52. The van der Waals surface area contributed by atoms with Crippen LogP contribution >= 0.6 is 0 Å². The zero-order valence-electron chi connectivity index (χ0n) is 11.3. The molecule has 2 rings (SSSR count). The van der Waals surface area contributed by atoms with E-state index < -0.39 is 0 Å². The van der Waals surface area contributed by atoms with Gasteiger partial charge >= 0.3 is 0 Å². The summed E-state index contributed by atoms with van der Waals surface area (Å²) < 4.78 is 7.76. The van der Waals surface area contributed by atoms with E-state index in [-0.39, 0.29) is 5.54 Å². The second-order valence-electron chi connectivity index (χ2n) is 5.91. The van der Waals surface area contributed by atoms with E-state index in [4.69, 9.17) is 4.74 Å². The van der Waals surface area contributed by atoms with Crippen LogP contribution in [-0.2, 0) is 16.7 Å². The normalized spacial score (nSPS) is 24.7. The van der Waals surface area contributed by atoms with Crippen LogP contribution in [0, 0.1) is 5.92 Å². The summed E-state index contributed by atoms with van der Waals surface area (Å²) in [5, 5.41) is 8.28. The molecule has 1 fully saturated rings. The fourth-order valence-corrected chi connectivity index (χ4v) is 2.43. The van der Waals surface area contributed by atoms with Gasteiger partial charge in [0.1, 0.15) is 12.2 Å². The number of aromatic nitrogens is 3. The van der Waals surface area contributed by atoms with E-state index in [2.05, 4.69) is 42.5 Å². The Labute approximate surface area is 103 Å². The standard InChI is InChI=1S/C13H23N3O/c1-5-17-11-6-10(7-11)8-12-15-14-9-16(12)13(2,3)4/h9-11H,5-8H2,1-4H3. The predicted octanol–water partition coefficient (Wildman–Crippen LogP) is 2.39. The molecule has 0 aromatic carbocycles. The molecule has 17 heavy (non-hydrogen) atoms. The number of hydrogen-bond donors (Lipinski definition) is 0. The molecule has 0 aliphatic heterocycles. The van der Waals surface area contributed by atoms with E-state index in [9.17, 15) is 0 Å². The Morgan fingerprint density at radius 2 is 2.12 bits per heavy atom. The lowest BCUT2D eigenvalue weighted by Crippen LogP contribution is -2.34. The summed E-state index contributed by atoms with van der Waals surface area (Å²) in [5.41, 5.74) is 0.0713. The van der Waals surface area contributed by atoms with Crippen LogP contribution < -0.4 is 0 Å². The monoisotopic (exact) mass is 237 g/mol. The maximum absolute atomic E-state index is 5.58. The van der Waals surface area contributed by atoms with Gasteiger partial charge in [0.2, 0.25) is 0 Å². The molecule has 1 heterocycles. The quantitative estimate of drug-likeness (QED) is 0.807. The number of nitrogens with zero attached hydrogens (tertiary/aromatic N) is 3. The molecule has 0 atom stereocenters. The Morgan fingerprint density at radius 1 is 1.41 bits per heavy atom. The average molecular weight is 237 g/mol. The van der Waals surface area contributed by atoms with E-state index in [1.54, 1.807) is 0 Å². The summed E-state index contributed by atoms with van der Waals surface area (Å²) >= 11 is 0. The molecule has 0 radical (unpaired) electrons. The Balaban J connectivity index is 1.91. The van der Waals surface area contributed by atoms with Crippen molar-refractivity contribution < 1.29 is 4.74 Å². The van der Waals surface area contributed by atoms with Gasteiger partial charge in [0.15, 0.2) is 0 Å². The van der Waals surface area contributed by atoms with Gasteiger partial charge in [-0.3, -0.25) is 0 Å². The van der Waals surface area contributed by atoms with Gasteiger partial charge in [-0.2, -0.15) is 0 Å². The van der Waals surface area contributed by atoms with Crippen molar-refractivity contribution in [3.63, 3.8) is 0 Å². The van der Waals surface area contributed by atoms with Crippen LogP contribution in [0.25, 0.3) is 0 Å². The van der Waals surface area contributed by atoms with Gasteiger partial charge in [-0.05, 0) is 46.5 Å². The van der Waals surface area contributed by atoms with Crippen molar-refractivity contribution in [2.75, 3.05) is 6.61 Å². The second-order valence-corrected chi connectivity index (χ2v) is 5.91. The lowest BCUT2D eigenvalue weighted by molar-refractivity contribution is -0.0249. The van der Waals surface area contributed by atoms with Gasteiger partial charge < -0.3 is 9.30 Å². The maximum Gasteiger partial charge on any atom is 0.133 e. The molecular weight excluding hydrogens is 214 g/mol. The first kappa shape index (κ1) is 12.6. The van der Waals surface area contributed by atoms with Gasteiger partial charge in [-0.15, -0.1) is 10.2 Å². The largest absolute Gasteiger partial charge is 0.378 e. The summed E-state index contributed by atoms with van der Waals surface area (Å²) in [5.74, 6) is 1.83. The molecule has 1 aliphatic carbocycles. The third-order valence-corrected chi connectivity index (χ3v) is 3.41. The van der Waals surface area contributed by atoms with Crippen molar-refractivity contribution in [2.45, 2.75) is 58.6 Å². The zero-order valence-corrected chi connectivity index (χ0v) is 11.3. The first-order valence-electron chi connectivity index (χ1n) is 6.51. The lowest BCUT2D eigenvalue weighted by atomic mass is 9.80. The molecule has 1 aromatic heterocycles. The summed E-state index contributed by atoms with van der Waals surface area (Å²) in [6.45, 7) is 9.44. The summed E-state index contributed by atoms with van der Waals surface area (Å²) in [4.78, 5) is 0. The summed E-state index contributed by atoms with van der Waals surface area (Å²) in [6.07, 6.45) is 5.70. The predicted molar refractivity (Wildman–Crippen MR) is 66.9 cm³/mol. The van der Waals surface area contributed by atoms with Gasteiger partial charge in [0.05, 0.1) is 6.10 Å². The molecular formula is C13H23N3O. The second kappa shape index (κ2) is 4.77. The average Bonchev–Trinajstić information content (AvgIpc) is 2.62. The van der Waals surface area contributed by atoms with Gasteiger partial charge in [0.25, 0.3) is 0 Å². The van der Waals surface area contributed by atoms with Gasteiger partial charge in [0, 0.05) is 18.6 Å². The van der Waals surface area contributed by atoms with Crippen LogP contribution in [-0.4, -0.2) is 27.5 Å². The number of rotatable bonds is 4. The number of ether oxygens (including phenoxy) is 1. The highest BCUT2D eigenvalue weighted by molar-refractivity contribution is 4.96. The minimum absolute atomic E-state index is 0.0713. The van der Waals surface area contributed by atoms with E-state index in [0.717, 1.165) is 24.8 Å². The van der Waals surface area contributed by atoms with Crippen molar-refractivity contribution in [1.82, 2.24) is 14.8 Å². The highest BCUT2D eigenvalue weighted by Gasteiger charge is 2.31. The molecule has 0 bridgehead atoms. The third-order valence-electron chi connectivity index (χ3n) is 3.41. The zero-order chi connectivity index (χ0) is 12.5. The minimum atomic E-state index is 0.0713. The van der Waals surface area contributed by atoms with Crippen molar-refractivity contribution in [1.29, 1.82) is 0 Å². The van der Waals surface area contributed by atoms with Crippen LogP contribution in [0.4, 0.5) is 0 Å². The molecule has 0 spiro atoms. The van der Waals surface area contributed by atoms with E-state index in [1.807, 2.05) is 6.33 Å². The molecule has 0 N–H and O–H groups in total. The molecule has 1 saturated carbocycles. The Hall–Kier alpha value is -0.900. The molecule has 0 unspecified atom stereocenters. The molecule has 0 saturated heterocycles. The Morgan fingerprint density at radius 3 is 2.71 bits per heavy atom. The van der Waals surface area contributed by atoms with Crippen LogP contribution in [0.3, 0.4) is 0 Å². The Bertz CT molecular complexity index is 361. The topological polar surface area (TPSA) is 39.9 Å². The maximum atomic E-state index is 5.58. The fraction of sp³-hybridized carbons (Fsp3) is 0.846. The van der Waals surface area contributed by atoms with Crippen molar-refractivity contribution in [3.8, 4) is 0 Å². The van der Waals surface area contributed by atoms with E-state index in [1.165, 1.54) is 12.8 Å².